The van der Waals surface area contributed by atoms with Gasteiger partial charge in [-0.3, -0.25) is 9.47 Å². The molecule has 0 amide bonds. The predicted octanol–water partition coefficient (Wildman–Crippen LogP) is 5.11. The Hall–Kier alpha value is -4.74. The number of piperidine rings is 1. The zero-order valence-corrected chi connectivity index (χ0v) is 21.9. The maximum Gasteiger partial charge on any atom is 0.179 e. The zero-order chi connectivity index (χ0) is 26.8. The summed E-state index contributed by atoms with van der Waals surface area (Å²) in [5.74, 6) is 1.14. The van der Waals surface area contributed by atoms with Crippen molar-refractivity contribution in [3.63, 3.8) is 0 Å². The number of nitriles is 1. The summed E-state index contributed by atoms with van der Waals surface area (Å²) >= 11 is 0. The van der Waals surface area contributed by atoms with Crippen molar-refractivity contribution >= 4 is 17.0 Å². The van der Waals surface area contributed by atoms with Crippen molar-refractivity contribution in [3.05, 3.63) is 90.6 Å². The second-order valence-corrected chi connectivity index (χ2v) is 10.00. The van der Waals surface area contributed by atoms with Gasteiger partial charge in [-0.1, -0.05) is 42.5 Å². The van der Waals surface area contributed by atoms with Crippen molar-refractivity contribution in [1.29, 1.82) is 5.26 Å². The van der Waals surface area contributed by atoms with E-state index in [4.69, 9.17) is 15.7 Å². The molecule has 0 aliphatic carbocycles. The molecule has 2 N–H and O–H groups in total. The molecule has 1 saturated heterocycles. The molecule has 39 heavy (non-hydrogen) atoms. The highest BCUT2D eigenvalue weighted by Gasteiger charge is 2.22. The number of hydrogen-bond donors (Lipinski definition) is 1. The summed E-state index contributed by atoms with van der Waals surface area (Å²) in [5, 5.41) is 9.18. The molecular weight excluding hydrogens is 484 g/mol. The number of nitrogens with zero attached hydrogens (tertiary/aromatic N) is 7. The molecule has 0 saturated carbocycles. The van der Waals surface area contributed by atoms with Gasteiger partial charge in [-0.2, -0.15) is 5.26 Å². The van der Waals surface area contributed by atoms with E-state index < -0.39 is 0 Å². The summed E-state index contributed by atoms with van der Waals surface area (Å²) in [6.07, 6.45) is 5.96. The number of fused-ring (bicyclic) bond motifs is 1. The van der Waals surface area contributed by atoms with Crippen LogP contribution in [0.1, 0.15) is 18.4 Å². The van der Waals surface area contributed by atoms with E-state index in [-0.39, 0.29) is 0 Å². The third-order valence-electron chi connectivity index (χ3n) is 7.52. The van der Waals surface area contributed by atoms with Crippen LogP contribution in [0.25, 0.3) is 39.5 Å². The Balaban J connectivity index is 1.35. The van der Waals surface area contributed by atoms with Gasteiger partial charge in [-0.25, -0.2) is 15.0 Å². The smallest absolute Gasteiger partial charge is 0.179 e. The summed E-state index contributed by atoms with van der Waals surface area (Å²) in [6.45, 7) is 2.86. The predicted molar refractivity (Wildman–Crippen MR) is 154 cm³/mol. The molecule has 6 rings (SSSR count). The normalized spacial score (nSPS) is 14.4. The number of nitrogens with two attached hydrogens (primary N) is 1. The Bertz CT molecular complexity index is 1630. The summed E-state index contributed by atoms with van der Waals surface area (Å²) in [6, 6.07) is 26.9. The van der Waals surface area contributed by atoms with Crippen LogP contribution in [0.4, 0.5) is 5.82 Å². The van der Waals surface area contributed by atoms with E-state index in [1.54, 1.807) is 11.1 Å². The molecule has 3 aromatic heterocycles. The molecule has 2 aromatic carbocycles. The first-order valence-electron chi connectivity index (χ1n) is 13.2. The highest BCUT2D eigenvalue weighted by atomic mass is 15.2. The van der Waals surface area contributed by atoms with Crippen molar-refractivity contribution in [2.45, 2.75) is 25.4 Å². The maximum absolute atomic E-state index is 9.18. The lowest BCUT2D eigenvalue weighted by atomic mass is 10.0. The van der Waals surface area contributed by atoms with Crippen LogP contribution in [0.15, 0.2) is 85.1 Å². The minimum atomic E-state index is 0.342. The summed E-state index contributed by atoms with van der Waals surface area (Å²) in [5.41, 5.74) is 12.8. The van der Waals surface area contributed by atoms with E-state index in [0.717, 1.165) is 66.1 Å². The average Bonchev–Trinajstić information content (AvgIpc) is 3.37. The van der Waals surface area contributed by atoms with E-state index >= 15 is 0 Å². The molecule has 8 heteroatoms. The van der Waals surface area contributed by atoms with Crippen molar-refractivity contribution in [3.8, 4) is 34.5 Å². The molecule has 0 unspecified atom stereocenters. The van der Waals surface area contributed by atoms with E-state index in [1.165, 1.54) is 5.56 Å². The number of aromatic nitrogens is 4. The topological polar surface area (TPSA) is 99.9 Å². The largest absolute Gasteiger partial charge is 0.383 e. The molecule has 1 aliphatic heterocycles. The zero-order valence-electron chi connectivity index (χ0n) is 21.9. The molecule has 0 bridgehead atoms. The monoisotopic (exact) mass is 514 g/mol. The first-order chi connectivity index (χ1) is 19.1. The highest BCUT2D eigenvalue weighted by molar-refractivity contribution is 5.84. The third-order valence-corrected chi connectivity index (χ3v) is 7.52. The van der Waals surface area contributed by atoms with Crippen molar-refractivity contribution in [2.75, 3.05) is 25.9 Å². The Morgan fingerprint density at radius 3 is 2.44 bits per heavy atom. The van der Waals surface area contributed by atoms with Gasteiger partial charge < -0.3 is 10.6 Å². The van der Waals surface area contributed by atoms with E-state index in [0.29, 0.717) is 17.7 Å². The standard InChI is InChI=1S/C31H30N8/c1-37(21-32)24-15-18-38(19-16-24)20-22-9-11-25(12-10-22)39-30(26-8-5-17-34-29(26)33)36-28-14-13-27(35-31(28)39)23-6-3-2-4-7-23/h2-14,17,24H,15-16,18-20H2,1H3,(H2,33,34). The Kier molecular flexibility index (Phi) is 6.66. The van der Waals surface area contributed by atoms with Crippen LogP contribution in [0.5, 0.6) is 0 Å². The van der Waals surface area contributed by atoms with E-state index in [1.807, 2.05) is 49.5 Å². The molecule has 1 aliphatic rings. The lowest BCUT2D eigenvalue weighted by Crippen LogP contribution is -2.41. The van der Waals surface area contributed by atoms with Crippen LogP contribution in [0.2, 0.25) is 0 Å². The molecule has 5 aromatic rings. The number of likely N-dealkylation sites (tertiary alicyclic amines) is 1. The van der Waals surface area contributed by atoms with Gasteiger partial charge >= 0.3 is 0 Å². The van der Waals surface area contributed by atoms with Gasteiger partial charge in [0.15, 0.2) is 17.7 Å². The second kappa shape index (κ2) is 10.6. The fourth-order valence-electron chi connectivity index (χ4n) is 5.31. The summed E-state index contributed by atoms with van der Waals surface area (Å²) in [7, 11) is 1.88. The maximum atomic E-state index is 9.18. The Morgan fingerprint density at radius 2 is 1.72 bits per heavy atom. The van der Waals surface area contributed by atoms with Gasteiger partial charge in [0.25, 0.3) is 0 Å². The number of pyridine rings is 2. The first-order valence-corrected chi connectivity index (χ1v) is 13.2. The quantitative estimate of drug-likeness (QED) is 0.248. The number of rotatable bonds is 6. The van der Waals surface area contributed by atoms with Crippen LogP contribution < -0.4 is 5.73 Å². The van der Waals surface area contributed by atoms with Gasteiger partial charge in [0.05, 0.1) is 11.3 Å². The Morgan fingerprint density at radius 1 is 0.949 bits per heavy atom. The third kappa shape index (κ3) is 4.92. The number of hydrogen-bond acceptors (Lipinski definition) is 7. The van der Waals surface area contributed by atoms with Crippen molar-refractivity contribution in [2.24, 2.45) is 0 Å². The van der Waals surface area contributed by atoms with Gasteiger partial charge in [0, 0.05) is 50.2 Å². The number of imidazole rings is 1. The number of nitrogen functional groups attached to an aromatic ring is 1. The first kappa shape index (κ1) is 24.6. The number of benzene rings is 2. The molecule has 0 radical (unpaired) electrons. The Labute approximate surface area is 228 Å². The van der Waals surface area contributed by atoms with Crippen LogP contribution in [0, 0.1) is 11.5 Å². The molecule has 1 fully saturated rings. The molecule has 0 atom stereocenters. The number of anilines is 1. The van der Waals surface area contributed by atoms with Crippen LogP contribution in [-0.4, -0.2) is 55.5 Å². The lowest BCUT2D eigenvalue weighted by Gasteiger charge is -2.34. The van der Waals surface area contributed by atoms with E-state index in [9.17, 15) is 5.26 Å². The lowest BCUT2D eigenvalue weighted by molar-refractivity contribution is 0.154. The van der Waals surface area contributed by atoms with Crippen LogP contribution in [-0.2, 0) is 6.54 Å². The van der Waals surface area contributed by atoms with Crippen LogP contribution >= 0.6 is 0 Å². The summed E-state index contributed by atoms with van der Waals surface area (Å²) in [4.78, 5) is 18.5. The second-order valence-electron chi connectivity index (χ2n) is 10.00. The van der Waals surface area contributed by atoms with Crippen molar-refractivity contribution < 1.29 is 0 Å². The van der Waals surface area contributed by atoms with Gasteiger partial charge in [0.1, 0.15) is 11.3 Å². The van der Waals surface area contributed by atoms with Crippen molar-refractivity contribution in [1.82, 2.24) is 29.3 Å². The van der Waals surface area contributed by atoms with Crippen LogP contribution in [0.3, 0.4) is 0 Å². The molecular formula is C31H30N8. The van der Waals surface area contributed by atoms with Gasteiger partial charge in [-0.15, -0.1) is 0 Å². The SMILES string of the molecule is CN(C#N)C1CCN(Cc2ccc(-n3c(-c4cccnc4N)nc4ccc(-c5ccccc5)nc43)cc2)CC1. The fourth-order valence-corrected chi connectivity index (χ4v) is 5.31. The minimum absolute atomic E-state index is 0.342. The fraction of sp³-hybridized carbons (Fsp3) is 0.226. The highest BCUT2D eigenvalue weighted by Crippen LogP contribution is 2.32. The molecule has 0 spiro atoms. The van der Waals surface area contributed by atoms with Gasteiger partial charge in [-0.05, 0) is 54.8 Å². The average molecular weight is 515 g/mol. The molecule has 8 nitrogen and oxygen atoms in total. The molecule has 194 valence electrons. The minimum Gasteiger partial charge on any atom is -0.383 e. The van der Waals surface area contributed by atoms with E-state index in [2.05, 4.69) is 57.0 Å². The molecule has 4 heterocycles. The summed E-state index contributed by atoms with van der Waals surface area (Å²) < 4.78 is 2.07. The van der Waals surface area contributed by atoms with Gasteiger partial charge in [0.2, 0.25) is 0 Å².